The van der Waals surface area contributed by atoms with Crippen molar-refractivity contribution in [3.8, 4) is 0 Å². The number of likely N-dealkylation sites (tertiary alicyclic amines) is 1. The molecule has 2 rings (SSSR count). The van der Waals surface area contributed by atoms with E-state index in [4.69, 9.17) is 5.11 Å². The van der Waals surface area contributed by atoms with Crippen LogP contribution in [0.25, 0.3) is 0 Å². The third kappa shape index (κ3) is 2.17. The fraction of sp³-hybridized carbons (Fsp3) is 0.727. The Hall–Kier alpha value is -1.43. The molecule has 0 aromatic carbocycles. The first-order chi connectivity index (χ1) is 8.00. The zero-order valence-corrected chi connectivity index (χ0v) is 10.4. The van der Waals surface area contributed by atoms with Gasteiger partial charge in [-0.15, -0.1) is 10.2 Å². The van der Waals surface area contributed by atoms with Crippen LogP contribution in [0.2, 0.25) is 0 Å². The molecule has 2 heterocycles. The standard InChI is InChI=1S/C11H18N4O2/c1-7-9(11(16)17)4-5-15(7)6-10-13-12-8(2)14(10)3/h7,9H,4-6H2,1-3H3,(H,16,17). The summed E-state index contributed by atoms with van der Waals surface area (Å²) in [6.45, 7) is 5.35. The molecule has 1 N–H and O–H groups in total. The highest BCUT2D eigenvalue weighted by Crippen LogP contribution is 2.25. The Bertz CT molecular complexity index is 429. The van der Waals surface area contributed by atoms with Gasteiger partial charge in [0.2, 0.25) is 0 Å². The Labute approximate surface area is 100 Å². The molecule has 0 aliphatic carbocycles. The summed E-state index contributed by atoms with van der Waals surface area (Å²) in [6, 6.07) is 0.0597. The second-order valence-electron chi connectivity index (χ2n) is 4.67. The van der Waals surface area contributed by atoms with E-state index in [2.05, 4.69) is 15.1 Å². The van der Waals surface area contributed by atoms with E-state index in [9.17, 15) is 4.79 Å². The van der Waals surface area contributed by atoms with Gasteiger partial charge >= 0.3 is 5.97 Å². The number of carboxylic acid groups (broad SMARTS) is 1. The van der Waals surface area contributed by atoms with Crippen molar-refractivity contribution < 1.29 is 9.90 Å². The number of aryl methyl sites for hydroxylation is 1. The van der Waals surface area contributed by atoms with Crippen LogP contribution >= 0.6 is 0 Å². The van der Waals surface area contributed by atoms with Crippen molar-refractivity contribution in [3.05, 3.63) is 11.6 Å². The maximum absolute atomic E-state index is 11.0. The summed E-state index contributed by atoms with van der Waals surface area (Å²) in [6.07, 6.45) is 0.716. The normalized spacial score (nSPS) is 25.4. The first-order valence-electron chi connectivity index (χ1n) is 5.82. The van der Waals surface area contributed by atoms with Crippen molar-refractivity contribution in [1.82, 2.24) is 19.7 Å². The maximum atomic E-state index is 11.0. The predicted molar refractivity (Wildman–Crippen MR) is 61.4 cm³/mol. The van der Waals surface area contributed by atoms with Crippen molar-refractivity contribution in [2.45, 2.75) is 32.9 Å². The molecule has 17 heavy (non-hydrogen) atoms. The first-order valence-corrected chi connectivity index (χ1v) is 5.82. The molecule has 0 spiro atoms. The van der Waals surface area contributed by atoms with Crippen LogP contribution in [-0.4, -0.2) is 43.3 Å². The number of carboxylic acids is 1. The molecule has 94 valence electrons. The van der Waals surface area contributed by atoms with Crippen LogP contribution in [0, 0.1) is 12.8 Å². The van der Waals surface area contributed by atoms with Gasteiger partial charge in [-0.05, 0) is 26.8 Å². The third-order valence-corrected chi connectivity index (χ3v) is 3.73. The molecule has 1 saturated heterocycles. The van der Waals surface area contributed by atoms with Crippen LogP contribution < -0.4 is 0 Å². The monoisotopic (exact) mass is 238 g/mol. The van der Waals surface area contributed by atoms with E-state index in [0.29, 0.717) is 13.0 Å². The second kappa shape index (κ2) is 4.44. The fourth-order valence-corrected chi connectivity index (χ4v) is 2.33. The molecular formula is C11H18N4O2. The lowest BCUT2D eigenvalue weighted by atomic mass is 10.0. The largest absolute Gasteiger partial charge is 0.481 e. The van der Waals surface area contributed by atoms with Crippen molar-refractivity contribution >= 4 is 5.97 Å². The molecule has 1 aliphatic heterocycles. The lowest BCUT2D eigenvalue weighted by Gasteiger charge is -2.22. The van der Waals surface area contributed by atoms with Crippen LogP contribution in [0.4, 0.5) is 0 Å². The molecule has 2 unspecified atom stereocenters. The summed E-state index contributed by atoms with van der Waals surface area (Å²) < 4.78 is 1.95. The van der Waals surface area contributed by atoms with Crippen LogP contribution in [0.1, 0.15) is 25.0 Å². The van der Waals surface area contributed by atoms with E-state index in [-0.39, 0.29) is 12.0 Å². The van der Waals surface area contributed by atoms with Gasteiger partial charge in [0.05, 0.1) is 12.5 Å². The maximum Gasteiger partial charge on any atom is 0.308 e. The van der Waals surface area contributed by atoms with Gasteiger partial charge in [-0.1, -0.05) is 0 Å². The average molecular weight is 238 g/mol. The minimum absolute atomic E-state index is 0.0597. The van der Waals surface area contributed by atoms with Gasteiger partial charge in [-0.25, -0.2) is 0 Å². The molecule has 1 aliphatic rings. The van der Waals surface area contributed by atoms with Crippen LogP contribution in [0.15, 0.2) is 0 Å². The Balaban J connectivity index is 2.06. The molecule has 1 aromatic heterocycles. The van der Waals surface area contributed by atoms with Crippen LogP contribution in [0.3, 0.4) is 0 Å². The lowest BCUT2D eigenvalue weighted by molar-refractivity contribution is -0.142. The smallest absolute Gasteiger partial charge is 0.308 e. The highest BCUT2D eigenvalue weighted by atomic mass is 16.4. The van der Waals surface area contributed by atoms with Crippen molar-refractivity contribution in [2.24, 2.45) is 13.0 Å². The molecular weight excluding hydrogens is 220 g/mol. The van der Waals surface area contributed by atoms with Crippen LogP contribution in [-0.2, 0) is 18.4 Å². The van der Waals surface area contributed by atoms with E-state index in [1.54, 1.807) is 0 Å². The van der Waals surface area contributed by atoms with Gasteiger partial charge in [-0.2, -0.15) is 0 Å². The highest BCUT2D eigenvalue weighted by molar-refractivity contribution is 5.71. The van der Waals surface area contributed by atoms with E-state index in [1.807, 2.05) is 25.5 Å². The Kier molecular flexibility index (Phi) is 3.15. The number of rotatable bonds is 3. The molecule has 2 atom stereocenters. The fourth-order valence-electron chi connectivity index (χ4n) is 2.33. The van der Waals surface area contributed by atoms with Gasteiger partial charge < -0.3 is 9.67 Å². The Morgan fingerprint density at radius 3 is 2.71 bits per heavy atom. The number of hydrogen-bond donors (Lipinski definition) is 1. The molecule has 1 aromatic rings. The van der Waals surface area contributed by atoms with E-state index in [0.717, 1.165) is 18.2 Å². The molecule has 6 nitrogen and oxygen atoms in total. The summed E-state index contributed by atoms with van der Waals surface area (Å²) >= 11 is 0. The average Bonchev–Trinajstić information content (AvgIpc) is 2.77. The van der Waals surface area contributed by atoms with Gasteiger partial charge in [0.15, 0.2) is 0 Å². The quantitative estimate of drug-likeness (QED) is 0.826. The predicted octanol–water partition coefficient (Wildman–Crippen LogP) is 0.419. The summed E-state index contributed by atoms with van der Waals surface area (Å²) in [5.74, 6) is 0.806. The topological polar surface area (TPSA) is 71.2 Å². The van der Waals surface area contributed by atoms with E-state index in [1.165, 1.54) is 0 Å². The summed E-state index contributed by atoms with van der Waals surface area (Å²) in [5.41, 5.74) is 0. The molecule has 0 bridgehead atoms. The number of hydrogen-bond acceptors (Lipinski definition) is 4. The van der Waals surface area contributed by atoms with E-state index < -0.39 is 5.97 Å². The van der Waals surface area contributed by atoms with Crippen LogP contribution in [0.5, 0.6) is 0 Å². The molecule has 0 amide bonds. The van der Waals surface area contributed by atoms with Crippen molar-refractivity contribution in [3.63, 3.8) is 0 Å². The Morgan fingerprint density at radius 1 is 1.53 bits per heavy atom. The van der Waals surface area contributed by atoms with E-state index >= 15 is 0 Å². The van der Waals surface area contributed by atoms with Gasteiger partial charge in [0.1, 0.15) is 11.6 Å². The number of aromatic nitrogens is 3. The van der Waals surface area contributed by atoms with Crippen molar-refractivity contribution in [1.29, 1.82) is 0 Å². The van der Waals surface area contributed by atoms with Gasteiger partial charge in [0.25, 0.3) is 0 Å². The molecule has 1 fully saturated rings. The first kappa shape index (κ1) is 12.0. The summed E-state index contributed by atoms with van der Waals surface area (Å²) in [5, 5.41) is 17.2. The molecule has 0 radical (unpaired) electrons. The highest BCUT2D eigenvalue weighted by Gasteiger charge is 2.35. The second-order valence-corrected chi connectivity index (χ2v) is 4.67. The molecule has 6 heteroatoms. The summed E-state index contributed by atoms with van der Waals surface area (Å²) in [7, 11) is 1.93. The minimum Gasteiger partial charge on any atom is -0.481 e. The SMILES string of the molecule is Cc1nnc(CN2CCC(C(=O)O)C2C)n1C. The minimum atomic E-state index is -0.700. The third-order valence-electron chi connectivity index (χ3n) is 3.73. The van der Waals surface area contributed by atoms with Gasteiger partial charge in [-0.3, -0.25) is 9.69 Å². The number of nitrogens with zero attached hydrogens (tertiary/aromatic N) is 4. The molecule has 0 saturated carbocycles. The van der Waals surface area contributed by atoms with Gasteiger partial charge in [0, 0.05) is 13.1 Å². The zero-order chi connectivity index (χ0) is 12.6. The Morgan fingerprint density at radius 2 is 2.24 bits per heavy atom. The lowest BCUT2D eigenvalue weighted by Crippen LogP contribution is -2.33. The number of aliphatic carboxylic acids is 1. The van der Waals surface area contributed by atoms with Crippen molar-refractivity contribution in [2.75, 3.05) is 6.54 Å². The zero-order valence-electron chi connectivity index (χ0n) is 10.4. The summed E-state index contributed by atoms with van der Waals surface area (Å²) in [4.78, 5) is 13.2. The number of carbonyl (C=O) groups is 1.